The van der Waals surface area contributed by atoms with E-state index in [9.17, 15) is 15.2 Å². The maximum Gasteiger partial charge on any atom is 0.489 e. The van der Waals surface area contributed by atoms with Gasteiger partial charge in [0.15, 0.2) is 23.3 Å². The number of nitrogens with zero attached hydrogens (tertiary/aromatic N) is 12. The molecule has 17 aromatic carbocycles. The van der Waals surface area contributed by atoms with Crippen LogP contribution >= 0.6 is 69.6 Å². The van der Waals surface area contributed by atoms with Crippen LogP contribution in [-0.4, -0.2) is 94.3 Å². The number of phenolic OH excluding ortho intramolecular Hbond substituents is 1. The van der Waals surface area contributed by atoms with Crippen molar-refractivity contribution in [3.63, 3.8) is 0 Å². The largest absolute Gasteiger partial charge is 0.507 e. The molecule has 0 bridgehead atoms. The predicted octanol–water partition coefficient (Wildman–Crippen LogP) is 22.3. The lowest BCUT2D eigenvalue weighted by molar-refractivity contribution is 0.221. The van der Waals surface area contributed by atoms with Gasteiger partial charge in [0.05, 0.1) is 17.8 Å². The van der Waals surface area contributed by atoms with E-state index in [1.165, 1.54) is 97.0 Å². The summed E-state index contributed by atoms with van der Waals surface area (Å²) in [6, 6.07) is 82.8. The topological polar surface area (TPSA) is 234 Å². The molecule has 21 aromatic rings. The van der Waals surface area contributed by atoms with Gasteiger partial charge in [-0.1, -0.05) is 212 Å². The van der Waals surface area contributed by atoms with Crippen molar-refractivity contribution in [2.45, 2.75) is 39.9 Å². The minimum atomic E-state index is -1.44. The number of aromatic nitrogens is 12. The highest BCUT2D eigenvalue weighted by Gasteiger charge is 2.23. The molecule has 0 saturated heterocycles. The van der Waals surface area contributed by atoms with Gasteiger partial charge in [-0.05, 0) is 262 Å². The molecule has 24 heteroatoms. The van der Waals surface area contributed by atoms with Crippen LogP contribution in [0, 0.1) is 0 Å². The maximum atomic E-state index is 10.4. The zero-order chi connectivity index (χ0) is 77.2. The Labute approximate surface area is 668 Å². The van der Waals surface area contributed by atoms with E-state index < -0.39 is 7.12 Å². The summed E-state index contributed by atoms with van der Waals surface area (Å²) in [4.78, 5) is 49.5. The number of phenols is 1. The van der Waals surface area contributed by atoms with Gasteiger partial charge in [-0.2, -0.15) is 54.8 Å². The molecule has 0 radical (unpaired) electrons. The van der Waals surface area contributed by atoms with Crippen molar-refractivity contribution in [2.24, 2.45) is 0 Å². The third kappa shape index (κ3) is 14.2. The lowest BCUT2D eigenvalue weighted by Crippen LogP contribution is -2.30. The first-order valence-electron chi connectivity index (χ1n) is 35.4. The summed E-state index contributed by atoms with van der Waals surface area (Å²) >= 11 is 34.0. The van der Waals surface area contributed by atoms with Gasteiger partial charge in [-0.3, -0.25) is 0 Å². The molecular formula is C88H57BCl6N12O5. The van der Waals surface area contributed by atoms with Crippen LogP contribution in [0.3, 0.4) is 0 Å². The highest BCUT2D eigenvalue weighted by Crippen LogP contribution is 2.44. The lowest BCUT2D eigenvalue weighted by Gasteiger charge is -2.15. The number of hydrogen-bond donors (Lipinski definition) is 3. The van der Waals surface area contributed by atoms with Gasteiger partial charge in [-0.15, -0.1) is 0 Å². The number of aromatic hydroxyl groups is 1. The summed E-state index contributed by atoms with van der Waals surface area (Å²) in [5, 5.41) is 57.9. The first-order valence-corrected chi connectivity index (χ1v) is 37.7. The van der Waals surface area contributed by atoms with Crippen LogP contribution in [0.2, 0.25) is 31.7 Å². The fourth-order valence-electron chi connectivity index (χ4n) is 14.8. The van der Waals surface area contributed by atoms with E-state index in [0.717, 1.165) is 49.0 Å². The van der Waals surface area contributed by atoms with Crippen molar-refractivity contribution in [3.8, 4) is 63.3 Å². The normalized spacial score (nSPS) is 11.6. The number of ether oxygens (including phenoxy) is 2. The smallest absolute Gasteiger partial charge is 0.489 e. The summed E-state index contributed by atoms with van der Waals surface area (Å²) in [5.74, 6) is 2.00. The van der Waals surface area contributed by atoms with Crippen LogP contribution < -0.4 is 14.9 Å². The van der Waals surface area contributed by atoms with Gasteiger partial charge in [0.2, 0.25) is 31.7 Å². The second kappa shape index (κ2) is 30.4. The molecule has 0 saturated carbocycles. The Kier molecular flexibility index (Phi) is 19.8. The van der Waals surface area contributed by atoms with Crippen LogP contribution in [0.25, 0.3) is 175 Å². The molecule has 544 valence electrons. The highest BCUT2D eigenvalue weighted by molar-refractivity contribution is 6.62. The second-order valence-electron chi connectivity index (χ2n) is 27.0. The summed E-state index contributed by atoms with van der Waals surface area (Å²) < 4.78 is 11.5. The second-order valence-corrected chi connectivity index (χ2v) is 29.0. The molecule has 0 amide bonds. The van der Waals surface area contributed by atoms with Crippen LogP contribution in [0.15, 0.2) is 243 Å². The minimum Gasteiger partial charge on any atom is -0.507 e. The zero-order valence-electron chi connectivity index (χ0n) is 59.6. The molecule has 112 heavy (non-hydrogen) atoms. The number of halogens is 6. The number of para-hydroxylation sites is 1. The van der Waals surface area contributed by atoms with Crippen molar-refractivity contribution in [2.75, 3.05) is 0 Å². The molecule has 21 rings (SSSR count). The Balaban J connectivity index is 0.000000106. The number of hydrogen-bond acceptors (Lipinski definition) is 17. The molecule has 0 spiro atoms. The van der Waals surface area contributed by atoms with Gasteiger partial charge < -0.3 is 24.6 Å². The number of rotatable bonds is 9. The van der Waals surface area contributed by atoms with Gasteiger partial charge >= 0.3 is 19.1 Å². The van der Waals surface area contributed by atoms with Crippen LogP contribution in [-0.2, 0) is 0 Å². The van der Waals surface area contributed by atoms with Gasteiger partial charge in [0.1, 0.15) is 5.75 Å². The van der Waals surface area contributed by atoms with Gasteiger partial charge in [0.25, 0.3) is 0 Å². The molecule has 0 unspecified atom stereocenters. The fraction of sp³-hybridized carbons (Fsp3) is 0.0682. The monoisotopic (exact) mass is 1580 g/mol. The summed E-state index contributed by atoms with van der Waals surface area (Å²) in [7, 11) is -1.44. The van der Waals surface area contributed by atoms with E-state index in [1.807, 2.05) is 76.2 Å². The fourth-order valence-corrected chi connectivity index (χ4v) is 15.9. The van der Waals surface area contributed by atoms with Gasteiger partial charge in [-0.25, -0.2) is 4.98 Å². The first-order chi connectivity index (χ1) is 54.3. The molecule has 0 aliphatic carbocycles. The number of benzene rings is 17. The SMILES string of the molecule is CC(C)Oc1nc(-c2ccccc2O)nc(-c2ccc3ccc4cccc5ccc2c3c45)n1.CC(C)Oc1nc(Cl)nc(-c2ccc3ccc4cccc5ccc2c3c45)n1.Clc1nc(Cl)nc(-c2ccc3ccc4cccc5ccc2c3c45)n1.Clc1nc(Cl)nc(Cl)n1.OB(O)c1ccc2ccc3cccc4ccc1c2c34. The zero-order valence-corrected chi connectivity index (χ0v) is 64.2. The standard InChI is InChI=1S/C28H21N3O2.C22H16ClN3O.C19H9Cl2N3.C16H11BO2.C3Cl3N3/c1-16(2)33-28-30-26(29-27(31-28)22-8-3-4-9-23(22)32)21-15-13-19-11-10-17-6-5-7-18-12-14-20(21)25(19)24(17)18;1-12(2)27-22-25-20(24-21(23)26-22)17-11-9-15-7-6-13-4-3-5-14-8-10-16(17)19(15)18(13)14;20-18-22-17(23-19(21)24-18)14-9-7-12-5-4-10-2-1-3-11-6-8-13(14)16(12)15(10)11;18-17(19)14-9-7-12-5-4-10-2-1-3-11-6-8-13(14)16(12)15(10)11;4-1-7-2(5)9-3(6)8-1/h3-16,32H,1-2H3;3-12H,1-2H3;1-9H;1-9,18-19H;. The summed E-state index contributed by atoms with van der Waals surface area (Å²) in [6.07, 6.45) is -0.142. The average Bonchev–Trinajstić information content (AvgIpc) is 0.792. The quantitative estimate of drug-likeness (QED) is 0.0900. The van der Waals surface area contributed by atoms with Crippen molar-refractivity contribution in [1.82, 2.24) is 59.8 Å². The van der Waals surface area contributed by atoms with Crippen LogP contribution in [0.1, 0.15) is 27.7 Å². The molecule has 0 fully saturated rings. The third-order valence-electron chi connectivity index (χ3n) is 19.3. The Hall–Kier alpha value is -11.9. The summed E-state index contributed by atoms with van der Waals surface area (Å²) in [5.41, 5.74) is 3.80. The van der Waals surface area contributed by atoms with E-state index in [2.05, 4.69) is 225 Å². The van der Waals surface area contributed by atoms with Crippen molar-refractivity contribution >= 4 is 211 Å². The Morgan fingerprint density at radius 2 is 0.509 bits per heavy atom. The molecule has 4 aromatic heterocycles. The lowest BCUT2D eigenvalue weighted by atomic mass is 9.75. The third-order valence-corrected chi connectivity index (χ3v) is 20.3. The molecule has 4 heterocycles. The van der Waals surface area contributed by atoms with Crippen LogP contribution in [0.5, 0.6) is 17.8 Å². The average molecular weight is 1590 g/mol. The Bertz CT molecular complexity index is 7040. The highest BCUT2D eigenvalue weighted by atomic mass is 35.5. The molecule has 3 N–H and O–H groups in total. The van der Waals surface area contributed by atoms with Crippen LogP contribution in [0.4, 0.5) is 0 Å². The Morgan fingerprint density at radius 1 is 0.250 bits per heavy atom. The molecule has 17 nitrogen and oxygen atoms in total. The first kappa shape index (κ1) is 72.9. The van der Waals surface area contributed by atoms with E-state index in [1.54, 1.807) is 24.3 Å². The van der Waals surface area contributed by atoms with E-state index in [4.69, 9.17) is 84.1 Å². The molecule has 0 aliphatic rings. The maximum absolute atomic E-state index is 10.4. The van der Waals surface area contributed by atoms with Crippen molar-refractivity contribution in [3.05, 3.63) is 274 Å². The molecular weight excluding hydrogens is 1530 g/mol. The van der Waals surface area contributed by atoms with Crippen molar-refractivity contribution < 1.29 is 24.6 Å². The summed E-state index contributed by atoms with van der Waals surface area (Å²) in [6.45, 7) is 7.71. The van der Waals surface area contributed by atoms with E-state index >= 15 is 0 Å². The molecule has 0 atom stereocenters. The molecule has 0 aliphatic heterocycles. The van der Waals surface area contributed by atoms with E-state index in [-0.39, 0.29) is 61.7 Å². The van der Waals surface area contributed by atoms with E-state index in [0.29, 0.717) is 34.3 Å². The predicted molar refractivity (Wildman–Crippen MR) is 455 cm³/mol. The minimum absolute atomic E-state index is 0.000000000000000444. The van der Waals surface area contributed by atoms with Gasteiger partial charge in [0, 0.05) is 16.7 Å². The Morgan fingerprint density at radius 3 is 0.857 bits per heavy atom. The van der Waals surface area contributed by atoms with Crippen molar-refractivity contribution in [1.29, 1.82) is 0 Å².